The van der Waals surface area contributed by atoms with Crippen LogP contribution in [0.3, 0.4) is 0 Å². The molecule has 0 aliphatic rings. The number of rotatable bonds is 5. The van der Waals surface area contributed by atoms with Crippen LogP contribution in [0.1, 0.15) is 18.1 Å². The van der Waals surface area contributed by atoms with Gasteiger partial charge in [-0.05, 0) is 56.2 Å². The number of benzene rings is 2. The molecule has 1 heterocycles. The predicted molar refractivity (Wildman–Crippen MR) is 112 cm³/mol. The van der Waals surface area contributed by atoms with E-state index in [9.17, 15) is 4.79 Å². The van der Waals surface area contributed by atoms with Crippen LogP contribution in [0.25, 0.3) is 5.69 Å². The first-order valence-electron chi connectivity index (χ1n) is 8.15. The Hall–Kier alpha value is -1.96. The molecule has 1 atom stereocenters. The molecular weight excluding hydrogens is 382 g/mol. The third-order valence-electron chi connectivity index (χ3n) is 3.91. The molecule has 0 saturated heterocycles. The smallest absolute Gasteiger partial charge is 0.237 e. The summed E-state index contributed by atoms with van der Waals surface area (Å²) < 4.78 is 3.18. The molecule has 0 aliphatic carbocycles. The average Bonchev–Trinajstić information content (AvgIpc) is 2.99. The molecule has 0 bridgehead atoms. The van der Waals surface area contributed by atoms with Gasteiger partial charge in [-0.25, -0.2) is 4.68 Å². The Morgan fingerprint density at radius 3 is 2.46 bits per heavy atom. The third-order valence-corrected chi connectivity index (χ3v) is 6.32. The van der Waals surface area contributed by atoms with E-state index in [1.165, 1.54) is 23.1 Å². The molecule has 0 saturated carbocycles. The zero-order chi connectivity index (χ0) is 18.7. The van der Waals surface area contributed by atoms with E-state index in [4.69, 9.17) is 12.2 Å². The number of nitrogens with one attached hydrogen (secondary N) is 1. The molecule has 1 amide bonds. The van der Waals surface area contributed by atoms with Gasteiger partial charge in [0.15, 0.2) is 8.29 Å². The molecule has 0 radical (unpaired) electrons. The molecule has 3 rings (SSSR count). The molecule has 26 heavy (non-hydrogen) atoms. The minimum atomic E-state index is -0.279. The molecule has 1 aromatic heterocycles. The molecule has 0 fully saturated rings. The lowest BCUT2D eigenvalue weighted by Crippen LogP contribution is -2.23. The number of anilines is 1. The summed E-state index contributed by atoms with van der Waals surface area (Å²) in [4.78, 5) is 12.6. The van der Waals surface area contributed by atoms with E-state index in [0.717, 1.165) is 26.8 Å². The lowest BCUT2D eigenvalue weighted by molar-refractivity contribution is -0.115. The van der Waals surface area contributed by atoms with Gasteiger partial charge < -0.3 is 5.32 Å². The van der Waals surface area contributed by atoms with Gasteiger partial charge in [0.05, 0.1) is 10.9 Å². The van der Waals surface area contributed by atoms with Crippen LogP contribution in [-0.4, -0.2) is 20.9 Å². The Balaban J connectivity index is 1.73. The number of hydrogen-bond acceptors (Lipinski definition) is 5. The largest absolute Gasteiger partial charge is 0.325 e. The van der Waals surface area contributed by atoms with Crippen molar-refractivity contribution in [3.05, 3.63) is 63.6 Å². The molecular formula is C19H19N3OS3. The van der Waals surface area contributed by atoms with Gasteiger partial charge in [0.2, 0.25) is 5.91 Å². The van der Waals surface area contributed by atoms with E-state index in [0.29, 0.717) is 3.95 Å². The Labute approximate surface area is 166 Å². The van der Waals surface area contributed by atoms with Gasteiger partial charge in [0.25, 0.3) is 0 Å². The monoisotopic (exact) mass is 401 g/mol. The second-order valence-electron chi connectivity index (χ2n) is 5.90. The van der Waals surface area contributed by atoms with Crippen LogP contribution in [0.15, 0.2) is 52.9 Å². The van der Waals surface area contributed by atoms with Gasteiger partial charge in [-0.2, -0.15) is 0 Å². The van der Waals surface area contributed by atoms with Gasteiger partial charge in [0, 0.05) is 5.69 Å². The van der Waals surface area contributed by atoms with Crippen molar-refractivity contribution < 1.29 is 4.79 Å². The minimum Gasteiger partial charge on any atom is -0.325 e. The van der Waals surface area contributed by atoms with Crippen LogP contribution in [0.5, 0.6) is 0 Å². The lowest BCUT2D eigenvalue weighted by atomic mass is 10.1. The minimum absolute atomic E-state index is 0.0419. The number of aromatic nitrogens is 2. The average molecular weight is 402 g/mol. The van der Waals surface area contributed by atoms with Crippen LogP contribution >= 0.6 is 35.3 Å². The molecule has 0 spiro atoms. The van der Waals surface area contributed by atoms with Gasteiger partial charge in [0.1, 0.15) is 0 Å². The molecule has 7 heteroatoms. The number of nitrogens with zero attached hydrogens (tertiary/aromatic N) is 2. The van der Waals surface area contributed by atoms with Gasteiger partial charge in [-0.3, -0.25) is 4.79 Å². The van der Waals surface area contributed by atoms with Crippen molar-refractivity contribution in [1.82, 2.24) is 9.78 Å². The number of carbonyl (C=O) groups is 1. The fraction of sp³-hybridized carbons (Fsp3) is 0.211. The van der Waals surface area contributed by atoms with E-state index in [1.807, 2.05) is 69.3 Å². The first-order valence-corrected chi connectivity index (χ1v) is 10.3. The molecule has 0 aliphatic heterocycles. The highest BCUT2D eigenvalue weighted by Gasteiger charge is 2.19. The Morgan fingerprint density at radius 2 is 1.81 bits per heavy atom. The standard InChI is InChI=1S/C19H19N3OS3/c1-12-8-7-9-13(2)16(12)20-17(23)14(3)25-18-21-22(19(24)26-18)15-10-5-4-6-11-15/h4-11,14H,1-3H3,(H,20,23)/t14-/m0/s1. The Bertz CT molecular complexity index is 959. The molecule has 1 N–H and O–H groups in total. The predicted octanol–water partition coefficient (Wildman–Crippen LogP) is 5.40. The molecule has 134 valence electrons. The Kier molecular flexibility index (Phi) is 5.90. The second-order valence-corrected chi connectivity index (χ2v) is 9.11. The maximum absolute atomic E-state index is 12.6. The zero-order valence-electron chi connectivity index (χ0n) is 14.7. The number of amides is 1. The van der Waals surface area contributed by atoms with E-state index in [-0.39, 0.29) is 11.2 Å². The van der Waals surface area contributed by atoms with Crippen molar-refractivity contribution in [1.29, 1.82) is 0 Å². The fourth-order valence-electron chi connectivity index (χ4n) is 2.48. The van der Waals surface area contributed by atoms with Crippen molar-refractivity contribution in [2.75, 3.05) is 5.32 Å². The highest BCUT2D eigenvalue weighted by atomic mass is 32.2. The Morgan fingerprint density at radius 1 is 1.15 bits per heavy atom. The van der Waals surface area contributed by atoms with Gasteiger partial charge >= 0.3 is 0 Å². The maximum atomic E-state index is 12.6. The second kappa shape index (κ2) is 8.16. The third kappa shape index (κ3) is 4.23. The summed E-state index contributed by atoms with van der Waals surface area (Å²) in [5.74, 6) is -0.0419. The molecule has 3 aromatic rings. The summed E-state index contributed by atoms with van der Waals surface area (Å²) in [6.07, 6.45) is 0. The summed E-state index contributed by atoms with van der Waals surface area (Å²) in [6.45, 7) is 5.87. The number of hydrogen-bond donors (Lipinski definition) is 1. The van der Waals surface area contributed by atoms with Crippen molar-refractivity contribution in [3.8, 4) is 5.69 Å². The summed E-state index contributed by atoms with van der Waals surface area (Å²) >= 11 is 8.25. The number of aryl methyl sites for hydroxylation is 2. The topological polar surface area (TPSA) is 46.9 Å². The molecule has 2 aromatic carbocycles. The normalized spacial score (nSPS) is 12.0. The zero-order valence-corrected chi connectivity index (χ0v) is 17.2. The summed E-state index contributed by atoms with van der Waals surface area (Å²) in [6, 6.07) is 15.7. The van der Waals surface area contributed by atoms with Crippen LogP contribution in [-0.2, 0) is 4.79 Å². The number of carbonyl (C=O) groups excluding carboxylic acids is 1. The summed E-state index contributed by atoms with van der Waals surface area (Å²) in [7, 11) is 0. The van der Waals surface area contributed by atoms with E-state index in [2.05, 4.69) is 10.4 Å². The van der Waals surface area contributed by atoms with E-state index < -0.39 is 0 Å². The van der Waals surface area contributed by atoms with E-state index >= 15 is 0 Å². The van der Waals surface area contributed by atoms with Crippen molar-refractivity contribution in [2.24, 2.45) is 0 Å². The van der Waals surface area contributed by atoms with E-state index in [1.54, 1.807) is 4.68 Å². The van der Waals surface area contributed by atoms with Gasteiger partial charge in [-0.1, -0.05) is 59.5 Å². The first-order chi connectivity index (χ1) is 12.5. The van der Waals surface area contributed by atoms with Crippen LogP contribution in [0, 0.1) is 17.8 Å². The van der Waals surface area contributed by atoms with Crippen molar-refractivity contribution >= 4 is 46.9 Å². The van der Waals surface area contributed by atoms with Crippen LogP contribution in [0.4, 0.5) is 5.69 Å². The van der Waals surface area contributed by atoms with Crippen LogP contribution in [0.2, 0.25) is 0 Å². The maximum Gasteiger partial charge on any atom is 0.237 e. The summed E-state index contributed by atoms with van der Waals surface area (Å²) in [5, 5.41) is 7.32. The van der Waals surface area contributed by atoms with Crippen molar-refractivity contribution in [3.63, 3.8) is 0 Å². The highest BCUT2D eigenvalue weighted by Crippen LogP contribution is 2.29. The number of thioether (sulfide) groups is 1. The van der Waals surface area contributed by atoms with Gasteiger partial charge in [-0.15, -0.1) is 5.10 Å². The van der Waals surface area contributed by atoms with Crippen LogP contribution < -0.4 is 5.32 Å². The van der Waals surface area contributed by atoms with Crippen molar-refractivity contribution in [2.45, 2.75) is 30.4 Å². The molecule has 0 unspecified atom stereocenters. The first kappa shape index (κ1) is 18.8. The molecule has 4 nitrogen and oxygen atoms in total. The lowest BCUT2D eigenvalue weighted by Gasteiger charge is -2.14. The quantitative estimate of drug-likeness (QED) is 0.459. The fourth-order valence-corrected chi connectivity index (χ4v) is 4.99. The number of para-hydroxylation sites is 2. The SMILES string of the molecule is Cc1cccc(C)c1NC(=O)[C@H](C)Sc1nn(-c2ccccc2)c(=S)s1. The summed E-state index contributed by atoms with van der Waals surface area (Å²) in [5.41, 5.74) is 3.92. The highest BCUT2D eigenvalue weighted by molar-refractivity contribution is 8.02.